The summed E-state index contributed by atoms with van der Waals surface area (Å²) in [6.45, 7) is 1.59. The minimum atomic E-state index is -4.05. The third kappa shape index (κ3) is 3.06. The van der Waals surface area contributed by atoms with Crippen LogP contribution in [0.5, 0.6) is 0 Å². The third-order valence-corrected chi connectivity index (χ3v) is 2.95. The van der Waals surface area contributed by atoms with E-state index in [9.17, 15) is 13.2 Å². The number of carboxylic acids is 1. The molecule has 86 valence electrons. The largest absolute Gasteiger partial charge is 0.477 e. The molecule has 16 heavy (non-hydrogen) atoms. The highest BCUT2D eigenvalue weighted by Crippen LogP contribution is 2.16. The summed E-state index contributed by atoms with van der Waals surface area (Å²) in [5.41, 5.74) is 0.494. The monoisotopic (exact) mass is 243 g/mol. The first-order valence-corrected chi connectivity index (χ1v) is 5.60. The van der Waals surface area contributed by atoms with Crippen molar-refractivity contribution in [2.45, 2.75) is 11.8 Å². The molecule has 0 bridgehead atoms. The van der Waals surface area contributed by atoms with Gasteiger partial charge in [0.15, 0.2) is 6.21 Å². The SMILES string of the molecule is Cc1ccccc1S(=O)(=O)ON=CC(=O)O. The molecule has 0 saturated carbocycles. The van der Waals surface area contributed by atoms with Crippen molar-refractivity contribution in [1.82, 2.24) is 0 Å². The topological polar surface area (TPSA) is 93.0 Å². The van der Waals surface area contributed by atoms with Crippen LogP contribution in [-0.2, 0) is 19.2 Å². The van der Waals surface area contributed by atoms with Crippen molar-refractivity contribution in [3.8, 4) is 0 Å². The lowest BCUT2D eigenvalue weighted by molar-refractivity contribution is -0.128. The predicted molar refractivity (Wildman–Crippen MR) is 55.6 cm³/mol. The molecule has 0 radical (unpaired) electrons. The summed E-state index contributed by atoms with van der Waals surface area (Å²) in [6.07, 6.45) is 0.357. The van der Waals surface area contributed by atoms with Crippen LogP contribution in [0.2, 0.25) is 0 Å². The van der Waals surface area contributed by atoms with Crippen LogP contribution in [0.3, 0.4) is 0 Å². The molecule has 1 rings (SSSR count). The van der Waals surface area contributed by atoms with E-state index >= 15 is 0 Å². The molecule has 1 N–H and O–H groups in total. The molecule has 0 atom stereocenters. The Kier molecular flexibility index (Phi) is 3.62. The van der Waals surface area contributed by atoms with Crippen molar-refractivity contribution in [3.63, 3.8) is 0 Å². The van der Waals surface area contributed by atoms with Crippen LogP contribution < -0.4 is 0 Å². The van der Waals surface area contributed by atoms with Crippen LogP contribution in [0.1, 0.15) is 5.56 Å². The molecule has 6 nitrogen and oxygen atoms in total. The minimum Gasteiger partial charge on any atom is -0.477 e. The average Bonchev–Trinajstić information content (AvgIpc) is 2.17. The number of aliphatic carboxylic acids is 1. The van der Waals surface area contributed by atoms with Gasteiger partial charge in [-0.1, -0.05) is 23.4 Å². The number of hydrogen-bond donors (Lipinski definition) is 1. The van der Waals surface area contributed by atoms with Crippen LogP contribution in [0, 0.1) is 6.92 Å². The van der Waals surface area contributed by atoms with Gasteiger partial charge in [0.2, 0.25) is 0 Å². The summed E-state index contributed by atoms with van der Waals surface area (Å²) < 4.78 is 27.2. The second kappa shape index (κ2) is 4.75. The van der Waals surface area contributed by atoms with Crippen LogP contribution in [0.4, 0.5) is 0 Å². The number of oxime groups is 1. The van der Waals surface area contributed by atoms with Gasteiger partial charge in [-0.3, -0.25) is 4.28 Å². The summed E-state index contributed by atoms with van der Waals surface area (Å²) in [5.74, 6) is -1.39. The Morgan fingerprint density at radius 1 is 1.44 bits per heavy atom. The maximum absolute atomic E-state index is 11.5. The molecule has 0 fully saturated rings. The van der Waals surface area contributed by atoms with E-state index in [2.05, 4.69) is 9.44 Å². The molecule has 7 heteroatoms. The lowest BCUT2D eigenvalue weighted by atomic mass is 10.2. The molecule has 1 aromatic carbocycles. The van der Waals surface area contributed by atoms with Crippen LogP contribution in [-0.4, -0.2) is 25.7 Å². The first-order valence-electron chi connectivity index (χ1n) is 4.19. The maximum atomic E-state index is 11.5. The predicted octanol–water partition coefficient (Wildman–Crippen LogP) is 0.771. The molecule has 0 unspecified atom stereocenters. The van der Waals surface area contributed by atoms with Gasteiger partial charge < -0.3 is 5.11 Å². The van der Waals surface area contributed by atoms with E-state index in [0.717, 1.165) is 0 Å². The van der Waals surface area contributed by atoms with Crippen molar-refractivity contribution >= 4 is 22.3 Å². The number of nitrogens with zero attached hydrogens (tertiary/aromatic N) is 1. The molecule has 0 spiro atoms. The van der Waals surface area contributed by atoms with Crippen molar-refractivity contribution in [3.05, 3.63) is 29.8 Å². The second-order valence-corrected chi connectivity index (χ2v) is 4.36. The van der Waals surface area contributed by atoms with Gasteiger partial charge in [0.25, 0.3) is 0 Å². The van der Waals surface area contributed by atoms with Gasteiger partial charge in [-0.15, -0.1) is 0 Å². The number of benzene rings is 1. The normalized spacial score (nSPS) is 11.6. The highest BCUT2D eigenvalue weighted by atomic mass is 32.2. The molecule has 0 aliphatic heterocycles. The zero-order valence-electron chi connectivity index (χ0n) is 8.32. The third-order valence-electron chi connectivity index (χ3n) is 1.67. The first kappa shape index (κ1) is 12.2. The molecule has 0 aliphatic carbocycles. The van der Waals surface area contributed by atoms with Crippen LogP contribution in [0.15, 0.2) is 34.3 Å². The summed E-state index contributed by atoms with van der Waals surface area (Å²) in [7, 11) is -4.05. The minimum absolute atomic E-state index is 0.0439. The van der Waals surface area contributed by atoms with Gasteiger partial charge in [-0.25, -0.2) is 4.79 Å². The van der Waals surface area contributed by atoms with Gasteiger partial charge >= 0.3 is 16.1 Å². The highest BCUT2D eigenvalue weighted by Gasteiger charge is 2.17. The summed E-state index contributed by atoms with van der Waals surface area (Å²) >= 11 is 0. The summed E-state index contributed by atoms with van der Waals surface area (Å²) in [4.78, 5) is 10.0. The van der Waals surface area contributed by atoms with Crippen molar-refractivity contribution in [2.75, 3.05) is 0 Å². The summed E-state index contributed by atoms with van der Waals surface area (Å²) in [6, 6.07) is 6.15. The first-order chi connectivity index (χ1) is 7.43. The average molecular weight is 243 g/mol. The maximum Gasteiger partial charge on any atom is 0.358 e. The molecule has 0 aromatic heterocycles. The lowest BCUT2D eigenvalue weighted by Crippen LogP contribution is -2.06. The fourth-order valence-electron chi connectivity index (χ4n) is 1.00. The summed E-state index contributed by atoms with van der Waals surface area (Å²) in [5, 5.41) is 11.1. The molecule has 0 saturated heterocycles. The Morgan fingerprint density at radius 2 is 2.06 bits per heavy atom. The number of carboxylic acid groups (broad SMARTS) is 1. The number of carbonyl (C=O) groups is 1. The fourth-order valence-corrected chi connectivity index (χ4v) is 1.94. The van der Waals surface area contributed by atoms with Gasteiger partial charge in [0, 0.05) is 0 Å². The fraction of sp³-hybridized carbons (Fsp3) is 0.111. The number of rotatable bonds is 4. The Bertz CT molecular complexity index is 520. The quantitative estimate of drug-likeness (QED) is 0.622. The van der Waals surface area contributed by atoms with E-state index in [1.807, 2.05) is 0 Å². The van der Waals surface area contributed by atoms with Gasteiger partial charge in [0.05, 0.1) is 0 Å². The van der Waals surface area contributed by atoms with Crippen molar-refractivity contribution in [1.29, 1.82) is 0 Å². The molecular formula is C9H9NO5S. The second-order valence-electron chi connectivity index (χ2n) is 2.87. The van der Waals surface area contributed by atoms with E-state index in [1.165, 1.54) is 12.1 Å². The van der Waals surface area contributed by atoms with E-state index < -0.39 is 16.1 Å². The van der Waals surface area contributed by atoms with Crippen molar-refractivity contribution in [2.24, 2.45) is 5.16 Å². The molecular weight excluding hydrogens is 234 g/mol. The van der Waals surface area contributed by atoms with Crippen LogP contribution in [0.25, 0.3) is 0 Å². The smallest absolute Gasteiger partial charge is 0.358 e. The van der Waals surface area contributed by atoms with Crippen molar-refractivity contribution < 1.29 is 22.6 Å². The molecule has 0 aliphatic rings. The number of hydrogen-bond acceptors (Lipinski definition) is 5. The number of aryl methyl sites for hydroxylation is 1. The zero-order chi connectivity index (χ0) is 12.2. The van der Waals surface area contributed by atoms with Gasteiger partial charge in [-0.2, -0.15) is 8.42 Å². The Hall–Kier alpha value is -1.89. The van der Waals surface area contributed by atoms with Gasteiger partial charge in [-0.05, 0) is 18.6 Å². The zero-order valence-corrected chi connectivity index (χ0v) is 9.14. The van der Waals surface area contributed by atoms with Gasteiger partial charge in [0.1, 0.15) is 4.90 Å². The van der Waals surface area contributed by atoms with E-state index in [-0.39, 0.29) is 4.90 Å². The highest BCUT2D eigenvalue weighted by molar-refractivity contribution is 7.86. The van der Waals surface area contributed by atoms with E-state index in [1.54, 1.807) is 19.1 Å². The molecule has 0 amide bonds. The molecule has 1 aromatic rings. The van der Waals surface area contributed by atoms with E-state index in [0.29, 0.717) is 11.8 Å². The lowest BCUT2D eigenvalue weighted by Gasteiger charge is -2.03. The Morgan fingerprint density at radius 3 is 2.62 bits per heavy atom. The standard InChI is InChI=1S/C9H9NO5S/c1-7-4-2-3-5-8(7)16(13,14)15-10-6-9(11)12/h2-6H,1H3,(H,11,12). The Balaban J connectivity index is 2.96. The molecule has 0 heterocycles. The van der Waals surface area contributed by atoms with E-state index in [4.69, 9.17) is 5.11 Å². The Labute approximate surface area is 92.3 Å². The van der Waals surface area contributed by atoms with Crippen LogP contribution >= 0.6 is 0 Å².